The molecule has 0 saturated carbocycles. The fourth-order valence-electron chi connectivity index (χ4n) is 4.03. The quantitative estimate of drug-likeness (QED) is 0.496. The van der Waals surface area contributed by atoms with Crippen molar-refractivity contribution in [3.05, 3.63) is 94.4 Å². The first-order chi connectivity index (χ1) is 15.5. The number of nitrogens with one attached hydrogen (secondary N) is 1. The van der Waals surface area contributed by atoms with Gasteiger partial charge in [-0.25, -0.2) is 4.68 Å². The zero-order valence-electron chi connectivity index (χ0n) is 16.9. The van der Waals surface area contributed by atoms with E-state index in [-0.39, 0.29) is 11.6 Å². The summed E-state index contributed by atoms with van der Waals surface area (Å²) in [6, 6.07) is 16.3. The Hall–Kier alpha value is -3.97. The van der Waals surface area contributed by atoms with Crippen LogP contribution in [0.15, 0.2) is 67.0 Å². The highest BCUT2D eigenvalue weighted by molar-refractivity contribution is 6.34. The lowest BCUT2D eigenvalue weighted by atomic mass is 9.88. The number of primary amides is 1. The third-order valence-electron chi connectivity index (χ3n) is 5.51. The van der Waals surface area contributed by atoms with E-state index >= 15 is 0 Å². The van der Waals surface area contributed by atoms with Crippen LogP contribution < -0.4 is 11.1 Å². The molecule has 0 radical (unpaired) electrons. The molecule has 4 aromatic rings. The van der Waals surface area contributed by atoms with Crippen molar-refractivity contribution in [3.63, 3.8) is 0 Å². The van der Waals surface area contributed by atoms with E-state index in [0.29, 0.717) is 22.7 Å². The number of aryl methyl sites for hydroxylation is 1. The van der Waals surface area contributed by atoms with Crippen LogP contribution in [0.4, 0.5) is 5.69 Å². The van der Waals surface area contributed by atoms with Crippen LogP contribution in [-0.4, -0.2) is 26.6 Å². The zero-order valence-corrected chi connectivity index (χ0v) is 17.6. The Kier molecular flexibility index (Phi) is 4.95. The fourth-order valence-corrected chi connectivity index (χ4v) is 4.25. The standard InChI is InChI=1S/C24H18ClN5O2/c25-20-4-2-1-3-17(20)24(32)28-15-7-5-14-6-8-18-21(23(26)31)29-30(22(18)19(14)13-15)16-9-11-27-12-10-16/h1-5,7,9-13H,6,8H2,(H2,26,31)(H,28,32). The molecule has 158 valence electrons. The average molecular weight is 444 g/mol. The summed E-state index contributed by atoms with van der Waals surface area (Å²) in [4.78, 5) is 28.9. The van der Waals surface area contributed by atoms with Gasteiger partial charge in [0.1, 0.15) is 0 Å². The molecule has 0 spiro atoms. The number of nitrogens with two attached hydrogens (primary N) is 1. The molecule has 0 atom stereocenters. The molecule has 1 aliphatic rings. The highest BCUT2D eigenvalue weighted by Gasteiger charge is 2.28. The molecule has 0 aliphatic heterocycles. The molecule has 0 fully saturated rings. The Morgan fingerprint density at radius 1 is 1.03 bits per heavy atom. The summed E-state index contributed by atoms with van der Waals surface area (Å²) in [7, 11) is 0. The van der Waals surface area contributed by atoms with E-state index in [9.17, 15) is 9.59 Å². The van der Waals surface area contributed by atoms with Gasteiger partial charge in [0.25, 0.3) is 11.8 Å². The van der Waals surface area contributed by atoms with E-state index in [1.165, 1.54) is 0 Å². The number of carbonyl (C=O) groups is 2. The number of anilines is 1. The Morgan fingerprint density at radius 2 is 1.81 bits per heavy atom. The second kappa shape index (κ2) is 7.94. The van der Waals surface area contributed by atoms with Gasteiger partial charge in [-0.3, -0.25) is 14.6 Å². The van der Waals surface area contributed by atoms with Crippen molar-refractivity contribution in [2.45, 2.75) is 12.8 Å². The van der Waals surface area contributed by atoms with Crippen LogP contribution in [0.25, 0.3) is 16.9 Å². The van der Waals surface area contributed by atoms with Crippen molar-refractivity contribution in [3.8, 4) is 16.9 Å². The van der Waals surface area contributed by atoms with Gasteiger partial charge in [-0.05, 0) is 54.8 Å². The number of hydrogen-bond donors (Lipinski definition) is 2. The monoisotopic (exact) mass is 443 g/mol. The van der Waals surface area contributed by atoms with Gasteiger partial charge in [0.15, 0.2) is 5.69 Å². The van der Waals surface area contributed by atoms with Gasteiger partial charge in [0.05, 0.1) is 22.0 Å². The summed E-state index contributed by atoms with van der Waals surface area (Å²) < 4.78 is 1.72. The molecule has 0 unspecified atom stereocenters. The van der Waals surface area contributed by atoms with Gasteiger partial charge >= 0.3 is 0 Å². The summed E-state index contributed by atoms with van der Waals surface area (Å²) in [5.74, 6) is -0.868. The van der Waals surface area contributed by atoms with E-state index in [0.717, 1.165) is 34.5 Å². The van der Waals surface area contributed by atoms with E-state index in [1.807, 2.05) is 30.3 Å². The smallest absolute Gasteiger partial charge is 0.269 e. The first kappa shape index (κ1) is 20.0. The van der Waals surface area contributed by atoms with Gasteiger partial charge in [-0.15, -0.1) is 0 Å². The lowest BCUT2D eigenvalue weighted by Crippen LogP contribution is -2.15. The Balaban J connectivity index is 1.61. The van der Waals surface area contributed by atoms with Crippen molar-refractivity contribution < 1.29 is 9.59 Å². The van der Waals surface area contributed by atoms with Gasteiger partial charge in [0.2, 0.25) is 0 Å². The minimum Gasteiger partial charge on any atom is -0.364 e. The number of halogens is 1. The number of aromatic nitrogens is 3. The topological polar surface area (TPSA) is 103 Å². The molecule has 2 amide bonds. The lowest BCUT2D eigenvalue weighted by molar-refractivity contribution is 0.0992. The summed E-state index contributed by atoms with van der Waals surface area (Å²) >= 11 is 6.17. The van der Waals surface area contributed by atoms with Gasteiger partial charge in [-0.1, -0.05) is 29.8 Å². The SMILES string of the molecule is NC(=O)c1nn(-c2ccncc2)c2c1CCc1ccc(NC(=O)c3ccccc3Cl)cc1-2. The molecule has 8 heteroatoms. The number of rotatable bonds is 4. The van der Waals surface area contributed by atoms with Crippen molar-refractivity contribution >= 4 is 29.1 Å². The van der Waals surface area contributed by atoms with Crippen molar-refractivity contribution in [2.24, 2.45) is 5.73 Å². The molecule has 0 saturated heterocycles. The Bertz CT molecular complexity index is 1360. The normalized spacial score (nSPS) is 12.0. The number of hydrogen-bond acceptors (Lipinski definition) is 4. The van der Waals surface area contributed by atoms with Crippen molar-refractivity contribution in [1.29, 1.82) is 0 Å². The van der Waals surface area contributed by atoms with Crippen molar-refractivity contribution in [1.82, 2.24) is 14.8 Å². The number of benzene rings is 2. The molecule has 32 heavy (non-hydrogen) atoms. The molecule has 7 nitrogen and oxygen atoms in total. The number of pyridine rings is 1. The highest BCUT2D eigenvalue weighted by atomic mass is 35.5. The second-order valence-corrected chi connectivity index (χ2v) is 7.87. The van der Waals surface area contributed by atoms with E-state index < -0.39 is 5.91 Å². The number of carbonyl (C=O) groups excluding carboxylic acids is 2. The highest BCUT2D eigenvalue weighted by Crippen LogP contribution is 2.38. The Labute approximate surface area is 188 Å². The summed E-state index contributed by atoms with van der Waals surface area (Å²) in [6.45, 7) is 0. The zero-order chi connectivity index (χ0) is 22.2. The van der Waals surface area contributed by atoms with E-state index in [2.05, 4.69) is 15.4 Å². The van der Waals surface area contributed by atoms with Crippen LogP contribution in [0.2, 0.25) is 5.02 Å². The van der Waals surface area contributed by atoms with E-state index in [4.69, 9.17) is 17.3 Å². The molecule has 2 aromatic heterocycles. The van der Waals surface area contributed by atoms with Crippen LogP contribution in [-0.2, 0) is 12.8 Å². The number of amides is 2. The maximum absolute atomic E-state index is 12.7. The largest absolute Gasteiger partial charge is 0.364 e. The first-order valence-electron chi connectivity index (χ1n) is 10.0. The van der Waals surface area contributed by atoms with Crippen LogP contribution >= 0.6 is 11.6 Å². The van der Waals surface area contributed by atoms with E-state index in [1.54, 1.807) is 41.3 Å². The van der Waals surface area contributed by atoms with Crippen LogP contribution in [0.3, 0.4) is 0 Å². The summed E-state index contributed by atoms with van der Waals surface area (Å²) in [6.07, 6.45) is 4.72. The number of fused-ring (bicyclic) bond motifs is 3. The predicted octanol–water partition coefficient (Wildman–Crippen LogP) is 4.04. The average Bonchev–Trinajstić information content (AvgIpc) is 3.20. The maximum Gasteiger partial charge on any atom is 0.269 e. The van der Waals surface area contributed by atoms with Crippen molar-refractivity contribution in [2.75, 3.05) is 5.32 Å². The molecular weight excluding hydrogens is 426 g/mol. The third-order valence-corrected chi connectivity index (χ3v) is 5.84. The summed E-state index contributed by atoms with van der Waals surface area (Å²) in [5, 5.41) is 7.82. The molecule has 3 N–H and O–H groups in total. The fraction of sp³-hybridized carbons (Fsp3) is 0.0833. The molecule has 1 aliphatic carbocycles. The molecule has 0 bridgehead atoms. The molecule has 2 aromatic carbocycles. The molecule has 5 rings (SSSR count). The van der Waals surface area contributed by atoms with Crippen LogP contribution in [0.1, 0.15) is 32.0 Å². The molecular formula is C24H18ClN5O2. The van der Waals surface area contributed by atoms with Gasteiger partial charge in [0, 0.05) is 29.2 Å². The summed E-state index contributed by atoms with van der Waals surface area (Å²) in [5.41, 5.74) is 11.2. The van der Waals surface area contributed by atoms with Crippen LogP contribution in [0.5, 0.6) is 0 Å². The Morgan fingerprint density at radius 3 is 2.56 bits per heavy atom. The second-order valence-electron chi connectivity index (χ2n) is 7.46. The van der Waals surface area contributed by atoms with Crippen LogP contribution in [0, 0.1) is 0 Å². The first-order valence-corrected chi connectivity index (χ1v) is 10.4. The lowest BCUT2D eigenvalue weighted by Gasteiger charge is -2.20. The third kappa shape index (κ3) is 3.42. The molecule has 2 heterocycles. The number of nitrogens with zero attached hydrogens (tertiary/aromatic N) is 3. The van der Waals surface area contributed by atoms with Gasteiger partial charge < -0.3 is 11.1 Å². The predicted molar refractivity (Wildman–Crippen MR) is 122 cm³/mol. The maximum atomic E-state index is 12.7. The van der Waals surface area contributed by atoms with Gasteiger partial charge in [-0.2, -0.15) is 5.10 Å². The minimum absolute atomic E-state index is 0.257. The minimum atomic E-state index is -0.569.